The molecule has 1 aromatic heterocycles. The average Bonchev–Trinajstić information content (AvgIpc) is 3.15. The minimum atomic E-state index is 0.485. The summed E-state index contributed by atoms with van der Waals surface area (Å²) in [5.74, 6) is 0.874. The molecule has 5 heteroatoms. The largest absolute Gasteiger partial charge is 0.378 e. The molecule has 0 aromatic carbocycles. The van der Waals surface area contributed by atoms with Crippen molar-refractivity contribution in [3.63, 3.8) is 0 Å². The van der Waals surface area contributed by atoms with Crippen molar-refractivity contribution in [2.24, 2.45) is 5.92 Å². The standard InChI is InChI=1S/C16H29N3OS/c1-11(2)17-8-15-14(10-20-5)18-16(21-15)19(12(3)4)9-13-6-7-13/h11-13,17H,6-10H2,1-5H3. The van der Waals surface area contributed by atoms with Crippen LogP contribution in [0.25, 0.3) is 0 Å². The Balaban J connectivity index is 2.14. The summed E-state index contributed by atoms with van der Waals surface area (Å²) in [5, 5.41) is 4.65. The van der Waals surface area contributed by atoms with Crippen molar-refractivity contribution in [2.75, 3.05) is 18.6 Å². The van der Waals surface area contributed by atoms with Crippen LogP contribution >= 0.6 is 11.3 Å². The number of nitrogens with one attached hydrogen (secondary N) is 1. The Kier molecular flexibility index (Phi) is 6.02. The minimum Gasteiger partial charge on any atom is -0.378 e. The van der Waals surface area contributed by atoms with Gasteiger partial charge in [-0.25, -0.2) is 4.98 Å². The molecular weight excluding hydrogens is 282 g/mol. The van der Waals surface area contributed by atoms with Crippen LogP contribution in [0.3, 0.4) is 0 Å². The fraction of sp³-hybridized carbons (Fsp3) is 0.812. The first-order valence-electron chi connectivity index (χ1n) is 7.98. The normalized spacial score (nSPS) is 15.2. The second-order valence-corrected chi connectivity index (χ2v) is 7.59. The predicted molar refractivity (Wildman–Crippen MR) is 90.0 cm³/mol. The minimum absolute atomic E-state index is 0.485. The van der Waals surface area contributed by atoms with Gasteiger partial charge in [-0.1, -0.05) is 13.8 Å². The fourth-order valence-electron chi connectivity index (χ4n) is 2.27. The summed E-state index contributed by atoms with van der Waals surface area (Å²) >= 11 is 1.82. The van der Waals surface area contributed by atoms with Gasteiger partial charge in [-0.3, -0.25) is 0 Å². The lowest BCUT2D eigenvalue weighted by atomic mass is 10.3. The number of anilines is 1. The molecule has 1 N–H and O–H groups in total. The third-order valence-electron chi connectivity index (χ3n) is 3.74. The lowest BCUT2D eigenvalue weighted by molar-refractivity contribution is 0.181. The molecule has 0 unspecified atom stereocenters. The van der Waals surface area contributed by atoms with E-state index < -0.39 is 0 Å². The SMILES string of the molecule is COCc1nc(N(CC2CC2)C(C)C)sc1CNC(C)C. The Bertz CT molecular complexity index is 441. The van der Waals surface area contributed by atoms with Crippen LogP contribution in [0, 0.1) is 5.92 Å². The molecule has 0 radical (unpaired) electrons. The molecule has 1 aromatic rings. The molecule has 120 valence electrons. The Morgan fingerprint density at radius 1 is 1.33 bits per heavy atom. The smallest absolute Gasteiger partial charge is 0.186 e. The fourth-order valence-corrected chi connectivity index (χ4v) is 3.42. The summed E-state index contributed by atoms with van der Waals surface area (Å²) in [6, 6.07) is 0.983. The van der Waals surface area contributed by atoms with Gasteiger partial charge in [0.25, 0.3) is 0 Å². The van der Waals surface area contributed by atoms with Gasteiger partial charge >= 0.3 is 0 Å². The summed E-state index contributed by atoms with van der Waals surface area (Å²) in [7, 11) is 1.74. The number of hydrogen-bond acceptors (Lipinski definition) is 5. The molecule has 0 atom stereocenters. The van der Waals surface area contributed by atoms with E-state index in [0.717, 1.165) is 29.8 Å². The molecule has 0 saturated heterocycles. The number of methoxy groups -OCH3 is 1. The van der Waals surface area contributed by atoms with E-state index in [4.69, 9.17) is 9.72 Å². The van der Waals surface area contributed by atoms with Crippen molar-refractivity contribution >= 4 is 16.5 Å². The van der Waals surface area contributed by atoms with E-state index in [1.165, 1.54) is 17.7 Å². The maximum atomic E-state index is 5.32. The lowest BCUT2D eigenvalue weighted by Crippen LogP contribution is -2.32. The van der Waals surface area contributed by atoms with Crippen molar-refractivity contribution < 1.29 is 4.74 Å². The molecule has 1 heterocycles. The van der Waals surface area contributed by atoms with Crippen LogP contribution in [-0.2, 0) is 17.9 Å². The predicted octanol–water partition coefficient (Wildman–Crippen LogP) is 3.41. The molecule has 0 amide bonds. The van der Waals surface area contributed by atoms with E-state index in [0.29, 0.717) is 18.7 Å². The molecule has 2 rings (SSSR count). The van der Waals surface area contributed by atoms with Crippen LogP contribution in [0.15, 0.2) is 0 Å². The third-order valence-corrected chi connectivity index (χ3v) is 4.87. The Morgan fingerprint density at radius 3 is 2.57 bits per heavy atom. The van der Waals surface area contributed by atoms with Gasteiger partial charge in [0, 0.05) is 37.2 Å². The lowest BCUT2D eigenvalue weighted by Gasteiger charge is -2.26. The van der Waals surface area contributed by atoms with Crippen molar-refractivity contribution in [3.05, 3.63) is 10.6 Å². The molecule has 4 nitrogen and oxygen atoms in total. The van der Waals surface area contributed by atoms with Crippen LogP contribution < -0.4 is 10.2 Å². The summed E-state index contributed by atoms with van der Waals surface area (Å²) in [6.45, 7) is 11.5. The monoisotopic (exact) mass is 311 g/mol. The number of thiazole rings is 1. The van der Waals surface area contributed by atoms with E-state index in [1.807, 2.05) is 11.3 Å². The molecule has 0 spiro atoms. The third kappa shape index (κ3) is 4.94. The number of nitrogens with zero attached hydrogens (tertiary/aromatic N) is 2. The zero-order valence-electron chi connectivity index (χ0n) is 14.0. The van der Waals surface area contributed by atoms with Crippen molar-refractivity contribution in [1.82, 2.24) is 10.3 Å². The van der Waals surface area contributed by atoms with Crippen molar-refractivity contribution in [3.8, 4) is 0 Å². The number of ether oxygens (including phenoxy) is 1. The van der Waals surface area contributed by atoms with Gasteiger partial charge in [-0.2, -0.15) is 0 Å². The highest BCUT2D eigenvalue weighted by Gasteiger charge is 2.27. The number of aromatic nitrogens is 1. The highest BCUT2D eigenvalue weighted by Crippen LogP contribution is 2.35. The zero-order chi connectivity index (χ0) is 15.4. The van der Waals surface area contributed by atoms with Crippen LogP contribution in [0.4, 0.5) is 5.13 Å². The summed E-state index contributed by atoms with van der Waals surface area (Å²) in [5.41, 5.74) is 1.09. The first-order chi connectivity index (χ1) is 10.0. The van der Waals surface area contributed by atoms with Crippen LogP contribution in [0.1, 0.15) is 51.1 Å². The van der Waals surface area contributed by atoms with E-state index >= 15 is 0 Å². The van der Waals surface area contributed by atoms with Gasteiger partial charge in [0.05, 0.1) is 12.3 Å². The Labute approximate surface area is 132 Å². The quantitative estimate of drug-likeness (QED) is 0.758. The number of hydrogen-bond donors (Lipinski definition) is 1. The number of rotatable bonds is 9. The van der Waals surface area contributed by atoms with Gasteiger partial charge in [0.15, 0.2) is 5.13 Å². The molecule has 0 bridgehead atoms. The first-order valence-corrected chi connectivity index (χ1v) is 8.80. The molecule has 1 aliphatic carbocycles. The van der Waals surface area contributed by atoms with Crippen LogP contribution in [0.2, 0.25) is 0 Å². The average molecular weight is 311 g/mol. The van der Waals surface area contributed by atoms with E-state index in [-0.39, 0.29) is 0 Å². The second kappa shape index (κ2) is 7.56. The van der Waals surface area contributed by atoms with E-state index in [1.54, 1.807) is 7.11 Å². The first kappa shape index (κ1) is 16.7. The van der Waals surface area contributed by atoms with Crippen molar-refractivity contribution in [1.29, 1.82) is 0 Å². The molecule has 1 fully saturated rings. The van der Waals surface area contributed by atoms with Crippen LogP contribution in [0.5, 0.6) is 0 Å². The summed E-state index contributed by atoms with van der Waals surface area (Å²) in [4.78, 5) is 8.63. The maximum absolute atomic E-state index is 5.32. The molecule has 1 aliphatic rings. The van der Waals surface area contributed by atoms with Gasteiger partial charge < -0.3 is 15.0 Å². The zero-order valence-corrected chi connectivity index (χ0v) is 14.8. The summed E-state index contributed by atoms with van der Waals surface area (Å²) < 4.78 is 5.32. The molecule has 21 heavy (non-hydrogen) atoms. The van der Waals surface area contributed by atoms with Crippen molar-refractivity contribution in [2.45, 2.75) is 65.8 Å². The topological polar surface area (TPSA) is 37.4 Å². The molecule has 0 aliphatic heterocycles. The van der Waals surface area contributed by atoms with Crippen LogP contribution in [-0.4, -0.2) is 30.7 Å². The maximum Gasteiger partial charge on any atom is 0.186 e. The molecular formula is C16H29N3OS. The highest BCUT2D eigenvalue weighted by molar-refractivity contribution is 7.15. The van der Waals surface area contributed by atoms with Gasteiger partial charge in [-0.05, 0) is 32.6 Å². The van der Waals surface area contributed by atoms with E-state index in [9.17, 15) is 0 Å². The second-order valence-electron chi connectivity index (χ2n) is 6.52. The Morgan fingerprint density at radius 2 is 2.05 bits per heavy atom. The Hall–Kier alpha value is -0.650. The van der Waals surface area contributed by atoms with Gasteiger partial charge in [0.2, 0.25) is 0 Å². The molecule has 1 saturated carbocycles. The van der Waals surface area contributed by atoms with Gasteiger partial charge in [-0.15, -0.1) is 11.3 Å². The van der Waals surface area contributed by atoms with Gasteiger partial charge in [0.1, 0.15) is 0 Å². The van der Waals surface area contributed by atoms with E-state index in [2.05, 4.69) is 37.9 Å². The summed E-state index contributed by atoms with van der Waals surface area (Å²) in [6.07, 6.45) is 2.75. The highest BCUT2D eigenvalue weighted by atomic mass is 32.1.